The van der Waals surface area contributed by atoms with Gasteiger partial charge in [0.25, 0.3) is 0 Å². The van der Waals surface area contributed by atoms with Crippen molar-refractivity contribution in [1.82, 2.24) is 19.5 Å². The van der Waals surface area contributed by atoms with Gasteiger partial charge >= 0.3 is 0 Å². The van der Waals surface area contributed by atoms with Crippen LogP contribution in [0.3, 0.4) is 0 Å². The summed E-state index contributed by atoms with van der Waals surface area (Å²) in [6.07, 6.45) is 12.3. The van der Waals surface area contributed by atoms with Crippen molar-refractivity contribution in [3.8, 4) is 51.0 Å². The van der Waals surface area contributed by atoms with Gasteiger partial charge in [-0.1, -0.05) is 188 Å². The average Bonchev–Trinajstić information content (AvgIpc) is 3.71. The molecule has 0 saturated carbocycles. The predicted octanol–water partition coefficient (Wildman–Crippen LogP) is 15.3. The number of nitrogens with zero attached hydrogens (tertiary/aromatic N) is 5. The van der Waals surface area contributed by atoms with E-state index in [0.29, 0.717) is 17.5 Å². The molecule has 5 heteroatoms. The van der Waals surface area contributed by atoms with Gasteiger partial charge in [0.2, 0.25) is 0 Å². The minimum atomic E-state index is 0.605. The van der Waals surface area contributed by atoms with Crippen LogP contribution in [0.1, 0.15) is 12.5 Å². The first-order valence-corrected chi connectivity index (χ1v) is 21.2. The lowest BCUT2D eigenvalue weighted by molar-refractivity contribution is 1.08. The second kappa shape index (κ2) is 17.7. The SMILES string of the molecule is C\C=C/C=C/C=C/c1ccc(N(c2ccc(-c3ccccc3)cc2)c2cccc3c2c2c(-c4nc(-c5ccccc5)nc(-c5ccccc5)n4)cccc2n3-c2ccccc2)cc1. The summed E-state index contributed by atoms with van der Waals surface area (Å²) in [5, 5.41) is 2.13. The summed E-state index contributed by atoms with van der Waals surface area (Å²) >= 11 is 0. The molecule has 5 nitrogen and oxygen atoms in total. The molecule has 0 aliphatic heterocycles. The van der Waals surface area contributed by atoms with Gasteiger partial charge in [-0.15, -0.1) is 0 Å². The molecule has 0 aliphatic rings. The standard InChI is InChI=1S/C58H43N5/c1-2-3-4-5-10-21-42-34-38-48(39-35-42)62(49-40-36-44(37-41-49)43-22-11-6-12-23-43)52-32-20-33-53-55(52)54-50(30-19-31-51(54)63(53)47-28-17-9-18-29-47)58-60-56(45-24-13-7-14-25-45)59-57(61-58)46-26-15-8-16-27-46/h2-41H,1H3/b3-2-,5-4+,21-10+. The van der Waals surface area contributed by atoms with Crippen LogP contribution in [0.2, 0.25) is 0 Å². The first kappa shape index (κ1) is 38.8. The summed E-state index contributed by atoms with van der Waals surface area (Å²) in [7, 11) is 0. The molecule has 0 radical (unpaired) electrons. The highest BCUT2D eigenvalue weighted by Gasteiger charge is 2.25. The van der Waals surface area contributed by atoms with Gasteiger partial charge in [0.1, 0.15) is 0 Å². The number of aromatic nitrogens is 4. The molecule has 8 aromatic carbocycles. The Labute approximate surface area is 368 Å². The van der Waals surface area contributed by atoms with Crippen LogP contribution < -0.4 is 4.90 Å². The summed E-state index contributed by atoms with van der Waals surface area (Å²) in [5.74, 6) is 1.85. The number of anilines is 3. The average molecular weight is 810 g/mol. The van der Waals surface area contributed by atoms with Gasteiger partial charge in [-0.05, 0) is 78.2 Å². The van der Waals surface area contributed by atoms with Gasteiger partial charge in [-0.2, -0.15) is 0 Å². The van der Waals surface area contributed by atoms with E-state index in [9.17, 15) is 0 Å². The van der Waals surface area contributed by atoms with Crippen LogP contribution in [0.5, 0.6) is 0 Å². The fourth-order valence-corrected chi connectivity index (χ4v) is 8.25. The highest BCUT2D eigenvalue weighted by Crippen LogP contribution is 2.46. The highest BCUT2D eigenvalue weighted by molar-refractivity contribution is 6.21. The van der Waals surface area contributed by atoms with Gasteiger partial charge in [-0.3, -0.25) is 0 Å². The van der Waals surface area contributed by atoms with E-state index in [-0.39, 0.29) is 0 Å². The molecule has 63 heavy (non-hydrogen) atoms. The third-order valence-corrected chi connectivity index (χ3v) is 11.2. The number of fused-ring (bicyclic) bond motifs is 3. The van der Waals surface area contributed by atoms with Crippen molar-refractivity contribution < 1.29 is 0 Å². The largest absolute Gasteiger partial charge is 0.310 e. The molecule has 0 saturated heterocycles. The molecule has 0 atom stereocenters. The Morgan fingerprint density at radius 3 is 1.49 bits per heavy atom. The number of hydrogen-bond acceptors (Lipinski definition) is 4. The lowest BCUT2D eigenvalue weighted by Crippen LogP contribution is -2.10. The Morgan fingerprint density at radius 2 is 0.889 bits per heavy atom. The van der Waals surface area contributed by atoms with E-state index in [4.69, 9.17) is 15.0 Å². The molecule has 0 spiro atoms. The van der Waals surface area contributed by atoms with Crippen LogP contribution in [-0.2, 0) is 0 Å². The molecule has 2 heterocycles. The molecule has 2 aromatic heterocycles. The Balaban J connectivity index is 1.24. The number of allylic oxidation sites excluding steroid dienone is 5. The highest BCUT2D eigenvalue weighted by atomic mass is 15.1. The Morgan fingerprint density at radius 1 is 0.397 bits per heavy atom. The minimum absolute atomic E-state index is 0.605. The van der Waals surface area contributed by atoms with Crippen molar-refractivity contribution >= 4 is 44.9 Å². The van der Waals surface area contributed by atoms with E-state index in [2.05, 4.69) is 191 Å². The topological polar surface area (TPSA) is 46.8 Å². The van der Waals surface area contributed by atoms with Crippen LogP contribution in [0.15, 0.2) is 237 Å². The second-order valence-corrected chi connectivity index (χ2v) is 15.2. The molecule has 0 amide bonds. The van der Waals surface area contributed by atoms with Gasteiger partial charge < -0.3 is 9.47 Å². The molecular weight excluding hydrogens is 767 g/mol. The smallest absolute Gasteiger partial charge is 0.164 e. The third kappa shape index (κ3) is 7.87. The summed E-state index contributed by atoms with van der Waals surface area (Å²) in [5.41, 5.74) is 12.5. The molecule has 300 valence electrons. The summed E-state index contributed by atoms with van der Waals surface area (Å²) in [6, 6.07) is 72.2. The molecule has 0 N–H and O–H groups in total. The fourth-order valence-electron chi connectivity index (χ4n) is 8.25. The maximum atomic E-state index is 5.26. The molecule has 0 fully saturated rings. The zero-order valence-electron chi connectivity index (χ0n) is 34.8. The number of benzene rings is 8. The second-order valence-electron chi connectivity index (χ2n) is 15.2. The molecular formula is C58H43N5. The van der Waals surface area contributed by atoms with E-state index in [1.165, 1.54) is 5.56 Å². The van der Waals surface area contributed by atoms with Gasteiger partial charge in [0, 0.05) is 44.5 Å². The number of rotatable bonds is 11. The van der Waals surface area contributed by atoms with Crippen LogP contribution in [0.4, 0.5) is 17.1 Å². The zero-order valence-corrected chi connectivity index (χ0v) is 34.8. The first-order chi connectivity index (χ1) is 31.2. The first-order valence-electron chi connectivity index (χ1n) is 21.2. The van der Waals surface area contributed by atoms with Gasteiger partial charge in [-0.25, -0.2) is 15.0 Å². The van der Waals surface area contributed by atoms with E-state index < -0.39 is 0 Å². The van der Waals surface area contributed by atoms with Crippen molar-refractivity contribution in [2.45, 2.75) is 6.92 Å². The summed E-state index contributed by atoms with van der Waals surface area (Å²) in [6.45, 7) is 2.02. The zero-order chi connectivity index (χ0) is 42.4. The van der Waals surface area contributed by atoms with Crippen LogP contribution in [-0.4, -0.2) is 19.5 Å². The lowest BCUT2D eigenvalue weighted by Gasteiger charge is -2.27. The summed E-state index contributed by atoms with van der Waals surface area (Å²) in [4.78, 5) is 17.9. The monoisotopic (exact) mass is 809 g/mol. The molecule has 0 unspecified atom stereocenters. The van der Waals surface area contributed by atoms with E-state index in [1.54, 1.807) is 0 Å². The van der Waals surface area contributed by atoms with Crippen molar-refractivity contribution in [3.63, 3.8) is 0 Å². The molecule has 10 rings (SSSR count). The minimum Gasteiger partial charge on any atom is -0.310 e. The molecule has 10 aromatic rings. The Bertz CT molecular complexity index is 3190. The van der Waals surface area contributed by atoms with Crippen molar-refractivity contribution in [2.24, 2.45) is 0 Å². The van der Waals surface area contributed by atoms with Crippen LogP contribution in [0, 0.1) is 0 Å². The third-order valence-electron chi connectivity index (χ3n) is 11.2. The van der Waals surface area contributed by atoms with E-state index in [0.717, 1.165) is 72.4 Å². The van der Waals surface area contributed by atoms with Gasteiger partial charge in [0.15, 0.2) is 17.5 Å². The van der Waals surface area contributed by atoms with Crippen molar-refractivity contribution in [3.05, 3.63) is 242 Å². The number of para-hydroxylation sites is 1. The fraction of sp³-hybridized carbons (Fsp3) is 0.0172. The lowest BCUT2D eigenvalue weighted by atomic mass is 10.0. The Kier molecular flexibility index (Phi) is 10.9. The van der Waals surface area contributed by atoms with E-state index >= 15 is 0 Å². The van der Waals surface area contributed by atoms with Crippen molar-refractivity contribution in [1.29, 1.82) is 0 Å². The summed E-state index contributed by atoms with van der Waals surface area (Å²) < 4.78 is 2.36. The molecule has 0 bridgehead atoms. The normalized spacial score (nSPS) is 11.7. The number of hydrogen-bond donors (Lipinski definition) is 0. The Hall–Kier alpha value is -8.41. The maximum Gasteiger partial charge on any atom is 0.164 e. The maximum absolute atomic E-state index is 5.26. The van der Waals surface area contributed by atoms with Gasteiger partial charge in [0.05, 0.1) is 16.7 Å². The predicted molar refractivity (Wildman–Crippen MR) is 264 cm³/mol. The van der Waals surface area contributed by atoms with Crippen LogP contribution >= 0.6 is 0 Å². The molecule has 0 aliphatic carbocycles. The van der Waals surface area contributed by atoms with Crippen molar-refractivity contribution in [2.75, 3.05) is 4.90 Å². The van der Waals surface area contributed by atoms with Crippen LogP contribution in [0.25, 0.3) is 78.9 Å². The van der Waals surface area contributed by atoms with E-state index in [1.807, 2.05) is 67.6 Å². The quantitative estimate of drug-likeness (QED) is 0.122.